The van der Waals surface area contributed by atoms with E-state index < -0.39 is 0 Å². The van der Waals surface area contributed by atoms with Crippen LogP contribution in [-0.4, -0.2) is 68.2 Å². The number of methoxy groups -OCH3 is 1. The molecule has 2 saturated heterocycles. The van der Waals surface area contributed by atoms with Crippen molar-refractivity contribution in [2.24, 2.45) is 10.9 Å². The lowest BCUT2D eigenvalue weighted by atomic mass is 10.1. The van der Waals surface area contributed by atoms with Crippen LogP contribution in [0.15, 0.2) is 23.2 Å². The van der Waals surface area contributed by atoms with Gasteiger partial charge in [0.1, 0.15) is 0 Å². The quantitative estimate of drug-likeness (QED) is 0.503. The highest BCUT2D eigenvalue weighted by atomic mass is 16.5. The average Bonchev–Trinajstić information content (AvgIpc) is 3.56. The lowest BCUT2D eigenvalue weighted by Crippen LogP contribution is -2.40. The molecule has 1 aromatic rings. The van der Waals surface area contributed by atoms with Gasteiger partial charge >= 0.3 is 0 Å². The van der Waals surface area contributed by atoms with Crippen LogP contribution < -0.4 is 14.8 Å². The largest absolute Gasteiger partial charge is 0.493 e. The molecule has 172 valence electrons. The Hall–Kier alpha value is -1.95. The molecule has 2 aliphatic heterocycles. The topological polar surface area (TPSA) is 49.3 Å². The van der Waals surface area contributed by atoms with Crippen LogP contribution in [-0.2, 0) is 6.54 Å². The molecule has 6 nitrogen and oxygen atoms in total. The van der Waals surface area contributed by atoms with Crippen molar-refractivity contribution >= 4 is 5.96 Å². The third-order valence-electron chi connectivity index (χ3n) is 6.90. The molecular formula is C25H40N4O2. The number of likely N-dealkylation sites (tertiary alicyclic amines) is 2. The molecule has 1 atom stereocenters. The van der Waals surface area contributed by atoms with E-state index in [-0.39, 0.29) is 0 Å². The minimum Gasteiger partial charge on any atom is -0.493 e. The normalized spacial score (nSPS) is 23.0. The van der Waals surface area contributed by atoms with Crippen LogP contribution in [0, 0.1) is 5.92 Å². The van der Waals surface area contributed by atoms with Crippen LogP contribution in [0.3, 0.4) is 0 Å². The van der Waals surface area contributed by atoms with E-state index in [0.29, 0.717) is 12.6 Å². The summed E-state index contributed by atoms with van der Waals surface area (Å²) in [7, 11) is 1.72. The van der Waals surface area contributed by atoms with Crippen molar-refractivity contribution in [2.75, 3.05) is 46.4 Å². The molecule has 0 radical (unpaired) electrons. The summed E-state index contributed by atoms with van der Waals surface area (Å²) in [5, 5.41) is 3.52. The first-order valence-corrected chi connectivity index (χ1v) is 12.3. The molecular weight excluding hydrogens is 388 g/mol. The van der Waals surface area contributed by atoms with Crippen LogP contribution >= 0.6 is 0 Å². The Bertz CT molecular complexity index is 726. The molecule has 0 aromatic heterocycles. The zero-order chi connectivity index (χ0) is 21.5. The molecule has 0 bridgehead atoms. The van der Waals surface area contributed by atoms with Crippen molar-refractivity contribution in [3.8, 4) is 11.5 Å². The lowest BCUT2D eigenvalue weighted by Gasteiger charge is -2.24. The minimum absolute atomic E-state index is 0.303. The summed E-state index contributed by atoms with van der Waals surface area (Å²) in [6.45, 7) is 9.64. The van der Waals surface area contributed by atoms with Crippen molar-refractivity contribution in [1.29, 1.82) is 0 Å². The van der Waals surface area contributed by atoms with Crippen LogP contribution in [0.5, 0.6) is 11.5 Å². The van der Waals surface area contributed by atoms with Gasteiger partial charge in [0.25, 0.3) is 0 Å². The van der Waals surface area contributed by atoms with Gasteiger partial charge in [-0.15, -0.1) is 0 Å². The number of hydrogen-bond acceptors (Lipinski definition) is 4. The zero-order valence-electron chi connectivity index (χ0n) is 19.4. The van der Waals surface area contributed by atoms with Gasteiger partial charge in [-0.3, -0.25) is 0 Å². The third kappa shape index (κ3) is 5.85. The fourth-order valence-electron chi connectivity index (χ4n) is 5.24. The Labute approximate surface area is 188 Å². The van der Waals surface area contributed by atoms with Crippen LogP contribution in [0.4, 0.5) is 0 Å². The van der Waals surface area contributed by atoms with Crippen molar-refractivity contribution in [3.05, 3.63) is 23.8 Å². The predicted octanol–water partition coefficient (Wildman–Crippen LogP) is 3.90. The molecule has 1 aromatic carbocycles. The molecule has 0 spiro atoms. The monoisotopic (exact) mass is 428 g/mol. The summed E-state index contributed by atoms with van der Waals surface area (Å²) in [6, 6.07) is 6.16. The number of guanidine groups is 1. The van der Waals surface area contributed by atoms with E-state index in [0.717, 1.165) is 61.4 Å². The maximum Gasteiger partial charge on any atom is 0.194 e. The fraction of sp³-hybridized carbons (Fsp3) is 0.720. The number of aliphatic imine (C=N–C) groups is 1. The molecule has 4 rings (SSSR count). The first kappa shape index (κ1) is 22.3. The van der Waals surface area contributed by atoms with Gasteiger partial charge in [-0.1, -0.05) is 12.1 Å². The highest BCUT2D eigenvalue weighted by Crippen LogP contribution is 2.35. The predicted molar refractivity (Wildman–Crippen MR) is 126 cm³/mol. The molecule has 31 heavy (non-hydrogen) atoms. The van der Waals surface area contributed by atoms with E-state index in [4.69, 9.17) is 14.5 Å². The molecule has 6 heteroatoms. The van der Waals surface area contributed by atoms with Gasteiger partial charge in [0.2, 0.25) is 0 Å². The highest BCUT2D eigenvalue weighted by Gasteiger charge is 2.27. The average molecular weight is 429 g/mol. The molecule has 1 aliphatic carbocycles. The number of hydrogen-bond donors (Lipinski definition) is 1. The number of benzene rings is 1. The highest BCUT2D eigenvalue weighted by molar-refractivity contribution is 5.80. The summed E-state index contributed by atoms with van der Waals surface area (Å²) >= 11 is 0. The Morgan fingerprint density at radius 2 is 1.90 bits per heavy atom. The first-order chi connectivity index (χ1) is 15.3. The maximum atomic E-state index is 6.40. The Balaban J connectivity index is 1.43. The van der Waals surface area contributed by atoms with Gasteiger partial charge in [-0.25, -0.2) is 4.99 Å². The number of para-hydroxylation sites is 1. The summed E-state index contributed by atoms with van der Waals surface area (Å²) in [5.41, 5.74) is 1.11. The molecule has 2 heterocycles. The molecule has 3 aliphatic rings. The first-order valence-electron chi connectivity index (χ1n) is 12.3. The van der Waals surface area contributed by atoms with Gasteiger partial charge in [0.05, 0.1) is 19.8 Å². The molecule has 3 fully saturated rings. The Morgan fingerprint density at radius 3 is 2.65 bits per heavy atom. The van der Waals surface area contributed by atoms with Gasteiger partial charge in [0.15, 0.2) is 17.5 Å². The number of nitrogens with one attached hydrogen (secondary N) is 1. The van der Waals surface area contributed by atoms with Gasteiger partial charge in [0, 0.05) is 31.7 Å². The van der Waals surface area contributed by atoms with E-state index in [2.05, 4.69) is 28.1 Å². The third-order valence-corrected chi connectivity index (χ3v) is 6.90. The van der Waals surface area contributed by atoms with Crippen molar-refractivity contribution in [1.82, 2.24) is 15.1 Å². The number of nitrogens with zero attached hydrogens (tertiary/aromatic N) is 3. The SMILES string of the molecule is CCNC(=NCc1cccc(OC)c1OC1CCCC1)N1CCC(CN2CCCC2)C1. The van der Waals surface area contributed by atoms with Crippen LogP contribution in [0.1, 0.15) is 57.4 Å². The molecule has 1 saturated carbocycles. The van der Waals surface area contributed by atoms with Crippen LogP contribution in [0.2, 0.25) is 0 Å². The number of ether oxygens (including phenoxy) is 2. The Morgan fingerprint density at radius 1 is 1.10 bits per heavy atom. The fourth-order valence-corrected chi connectivity index (χ4v) is 5.24. The molecule has 1 N–H and O–H groups in total. The second-order valence-electron chi connectivity index (χ2n) is 9.25. The molecule has 0 amide bonds. The van der Waals surface area contributed by atoms with Crippen molar-refractivity contribution in [3.63, 3.8) is 0 Å². The van der Waals surface area contributed by atoms with E-state index in [1.807, 2.05) is 12.1 Å². The van der Waals surface area contributed by atoms with Gasteiger partial charge in [-0.05, 0) is 76.9 Å². The number of rotatable bonds is 8. The van der Waals surface area contributed by atoms with E-state index in [9.17, 15) is 0 Å². The second kappa shape index (κ2) is 11.1. The van der Waals surface area contributed by atoms with Gasteiger partial charge < -0.3 is 24.6 Å². The molecule has 1 unspecified atom stereocenters. The standard InChI is InChI=1S/C25H40N4O2/c1-3-26-25(29-16-13-20(19-29)18-28-14-6-7-15-28)27-17-21-9-8-12-23(30-2)24(21)31-22-10-4-5-11-22/h8-9,12,20,22H,3-7,10-11,13-19H2,1-2H3,(H,26,27). The summed E-state index contributed by atoms with van der Waals surface area (Å²) in [5.74, 6) is 3.47. The van der Waals surface area contributed by atoms with Crippen molar-refractivity contribution in [2.45, 2.75) is 64.5 Å². The Kier molecular flexibility index (Phi) is 7.95. The van der Waals surface area contributed by atoms with E-state index >= 15 is 0 Å². The van der Waals surface area contributed by atoms with Crippen molar-refractivity contribution < 1.29 is 9.47 Å². The minimum atomic E-state index is 0.303. The van der Waals surface area contributed by atoms with Crippen LogP contribution in [0.25, 0.3) is 0 Å². The summed E-state index contributed by atoms with van der Waals surface area (Å²) in [4.78, 5) is 10.1. The smallest absolute Gasteiger partial charge is 0.194 e. The lowest BCUT2D eigenvalue weighted by molar-refractivity contribution is 0.198. The maximum absolute atomic E-state index is 6.40. The summed E-state index contributed by atoms with van der Waals surface area (Å²) in [6.07, 6.45) is 9.08. The van der Waals surface area contributed by atoms with Gasteiger partial charge in [-0.2, -0.15) is 0 Å². The second-order valence-corrected chi connectivity index (χ2v) is 9.25. The zero-order valence-corrected chi connectivity index (χ0v) is 19.4. The summed E-state index contributed by atoms with van der Waals surface area (Å²) < 4.78 is 12.0. The van der Waals surface area contributed by atoms with E-state index in [1.165, 1.54) is 51.7 Å². The van der Waals surface area contributed by atoms with E-state index in [1.54, 1.807) is 7.11 Å².